The number of aliphatic hydroxyl groups is 1. The monoisotopic (exact) mass is 169 g/mol. The maximum absolute atomic E-state index is 10.6. The number of rotatable bonds is 5. The van der Waals surface area contributed by atoms with Crippen LogP contribution >= 0.6 is 7.60 Å². The summed E-state index contributed by atoms with van der Waals surface area (Å²) in [5.41, 5.74) is 4.89. The quantitative estimate of drug-likeness (QED) is 0.380. The van der Waals surface area contributed by atoms with Crippen molar-refractivity contribution >= 4 is 7.60 Å². The molecule has 0 amide bonds. The van der Waals surface area contributed by atoms with Crippen LogP contribution in [0.1, 0.15) is 6.42 Å². The van der Waals surface area contributed by atoms with Gasteiger partial charge in [-0.25, -0.2) is 0 Å². The maximum atomic E-state index is 10.6. The Bertz CT molecular complexity index is 128. The highest BCUT2D eigenvalue weighted by atomic mass is 31.2. The van der Waals surface area contributed by atoms with Gasteiger partial charge in [0.2, 0.25) is 0 Å². The largest absolute Gasteiger partial charge is 0.396 e. The van der Waals surface area contributed by atoms with Crippen molar-refractivity contribution in [2.45, 2.75) is 6.42 Å². The first-order valence-electron chi connectivity index (χ1n) is 2.89. The van der Waals surface area contributed by atoms with Gasteiger partial charge in [0, 0.05) is 6.61 Å². The van der Waals surface area contributed by atoms with E-state index in [0.717, 1.165) is 0 Å². The zero-order valence-corrected chi connectivity index (χ0v) is 6.46. The molecule has 0 radical (unpaired) electrons. The van der Waals surface area contributed by atoms with Crippen LogP contribution in [0.15, 0.2) is 0 Å². The van der Waals surface area contributed by atoms with E-state index in [1.807, 2.05) is 0 Å². The van der Waals surface area contributed by atoms with Gasteiger partial charge in [-0.15, -0.1) is 0 Å². The highest BCUT2D eigenvalue weighted by Gasteiger charge is 2.14. The van der Waals surface area contributed by atoms with Gasteiger partial charge in [0.05, 0.1) is 12.9 Å². The molecule has 0 aliphatic carbocycles. The summed E-state index contributed by atoms with van der Waals surface area (Å²) in [5, 5.41) is 8.25. The van der Waals surface area contributed by atoms with E-state index in [1.54, 1.807) is 0 Å². The van der Waals surface area contributed by atoms with E-state index < -0.39 is 7.60 Å². The highest BCUT2D eigenvalue weighted by Crippen LogP contribution is 2.39. The van der Waals surface area contributed by atoms with E-state index >= 15 is 0 Å². The molecular weight excluding hydrogens is 157 g/mol. The standard InChI is InChI=1S/C4H12NO4P/c5-4-10(7,8)9-3-1-2-6/h6H,1-5H2,(H,7,8). The molecule has 1 atom stereocenters. The van der Waals surface area contributed by atoms with Crippen molar-refractivity contribution in [1.29, 1.82) is 0 Å². The van der Waals surface area contributed by atoms with Gasteiger partial charge in [0.15, 0.2) is 0 Å². The van der Waals surface area contributed by atoms with Gasteiger partial charge >= 0.3 is 7.60 Å². The predicted molar refractivity (Wildman–Crippen MR) is 36.5 cm³/mol. The van der Waals surface area contributed by atoms with E-state index in [-0.39, 0.29) is 19.5 Å². The van der Waals surface area contributed by atoms with Crippen molar-refractivity contribution in [3.63, 3.8) is 0 Å². The lowest BCUT2D eigenvalue weighted by Crippen LogP contribution is -2.04. The Morgan fingerprint density at radius 1 is 1.60 bits per heavy atom. The molecule has 0 heterocycles. The second-order valence-electron chi connectivity index (χ2n) is 1.73. The SMILES string of the molecule is NCP(=O)(O)OCCCO. The molecule has 0 fully saturated rings. The minimum atomic E-state index is -3.54. The predicted octanol–water partition coefficient (Wildman–Crippen LogP) is -0.513. The molecule has 0 aromatic carbocycles. The second-order valence-corrected chi connectivity index (χ2v) is 3.63. The zero-order valence-electron chi connectivity index (χ0n) is 5.56. The summed E-state index contributed by atoms with van der Waals surface area (Å²) < 4.78 is 15.0. The van der Waals surface area contributed by atoms with Gasteiger partial charge in [-0.05, 0) is 6.42 Å². The molecule has 0 saturated carbocycles. The van der Waals surface area contributed by atoms with E-state index in [4.69, 9.17) is 15.7 Å². The Balaban J connectivity index is 3.38. The maximum Gasteiger partial charge on any atom is 0.341 e. The van der Waals surface area contributed by atoms with Gasteiger partial charge in [-0.2, -0.15) is 0 Å². The fourth-order valence-corrected chi connectivity index (χ4v) is 0.844. The van der Waals surface area contributed by atoms with Crippen LogP contribution < -0.4 is 5.73 Å². The van der Waals surface area contributed by atoms with Gasteiger partial charge in [-0.3, -0.25) is 4.57 Å². The Morgan fingerprint density at radius 2 is 2.20 bits per heavy atom. The summed E-state index contributed by atoms with van der Waals surface area (Å²) >= 11 is 0. The summed E-state index contributed by atoms with van der Waals surface area (Å²) in [5.74, 6) is 0. The Labute approximate surface area is 59.3 Å². The molecule has 1 unspecified atom stereocenters. The van der Waals surface area contributed by atoms with E-state index in [2.05, 4.69) is 4.52 Å². The van der Waals surface area contributed by atoms with E-state index in [9.17, 15) is 4.57 Å². The lowest BCUT2D eigenvalue weighted by atomic mass is 10.5. The van der Waals surface area contributed by atoms with Crippen molar-refractivity contribution in [3.05, 3.63) is 0 Å². The molecule has 0 aliphatic rings. The average molecular weight is 169 g/mol. The number of hydrogen-bond donors (Lipinski definition) is 3. The minimum absolute atomic E-state index is 0.0510. The molecule has 62 valence electrons. The lowest BCUT2D eigenvalue weighted by Gasteiger charge is -2.07. The molecular formula is C4H12NO4P. The normalized spacial score (nSPS) is 16.7. The van der Waals surface area contributed by atoms with Crippen LogP contribution in [0.3, 0.4) is 0 Å². The smallest absolute Gasteiger partial charge is 0.341 e. The molecule has 0 aromatic rings. The lowest BCUT2D eigenvalue weighted by molar-refractivity contribution is 0.214. The topological polar surface area (TPSA) is 92.8 Å². The van der Waals surface area contributed by atoms with Crippen LogP contribution in [-0.2, 0) is 9.09 Å². The van der Waals surface area contributed by atoms with Crippen LogP contribution in [0.4, 0.5) is 0 Å². The minimum Gasteiger partial charge on any atom is -0.396 e. The Morgan fingerprint density at radius 3 is 2.60 bits per heavy atom. The molecule has 5 nitrogen and oxygen atoms in total. The molecule has 0 aliphatic heterocycles. The molecule has 6 heteroatoms. The van der Waals surface area contributed by atoms with E-state index in [0.29, 0.717) is 6.42 Å². The molecule has 0 rings (SSSR count). The van der Waals surface area contributed by atoms with Crippen molar-refractivity contribution in [3.8, 4) is 0 Å². The highest BCUT2D eigenvalue weighted by molar-refractivity contribution is 7.52. The number of hydrogen-bond acceptors (Lipinski definition) is 4. The first-order chi connectivity index (χ1) is 4.62. The van der Waals surface area contributed by atoms with Crippen molar-refractivity contribution < 1.29 is 19.1 Å². The number of nitrogens with two attached hydrogens (primary N) is 1. The first-order valence-corrected chi connectivity index (χ1v) is 4.66. The Hall–Kier alpha value is 0.0700. The second kappa shape index (κ2) is 4.82. The van der Waals surface area contributed by atoms with Crippen LogP contribution in [-0.4, -0.2) is 29.5 Å². The third-order valence-corrected chi connectivity index (χ3v) is 1.87. The molecule has 4 N–H and O–H groups in total. The van der Waals surface area contributed by atoms with Gasteiger partial charge in [0.25, 0.3) is 0 Å². The fourth-order valence-electron chi connectivity index (χ4n) is 0.324. The summed E-state index contributed by atoms with van der Waals surface area (Å²) in [4.78, 5) is 8.68. The van der Waals surface area contributed by atoms with Crippen molar-refractivity contribution in [2.75, 3.05) is 19.5 Å². The van der Waals surface area contributed by atoms with Gasteiger partial charge in [0.1, 0.15) is 0 Å². The van der Waals surface area contributed by atoms with Crippen molar-refractivity contribution in [2.24, 2.45) is 5.73 Å². The molecule has 0 aromatic heterocycles. The van der Waals surface area contributed by atoms with Crippen LogP contribution in [0.5, 0.6) is 0 Å². The molecule has 0 spiro atoms. The molecule has 0 bridgehead atoms. The van der Waals surface area contributed by atoms with Crippen LogP contribution in [0.25, 0.3) is 0 Å². The Kier molecular flexibility index (Phi) is 4.85. The average Bonchev–Trinajstić information content (AvgIpc) is 1.89. The summed E-state index contributed by atoms with van der Waals surface area (Å²) in [6.45, 7) is 0.0199. The third kappa shape index (κ3) is 4.90. The fraction of sp³-hybridized carbons (Fsp3) is 1.00. The van der Waals surface area contributed by atoms with Crippen LogP contribution in [0.2, 0.25) is 0 Å². The van der Waals surface area contributed by atoms with Gasteiger partial charge in [-0.1, -0.05) is 0 Å². The van der Waals surface area contributed by atoms with E-state index in [1.165, 1.54) is 0 Å². The summed E-state index contributed by atoms with van der Waals surface area (Å²) in [6.07, 6.45) is -0.0248. The van der Waals surface area contributed by atoms with Crippen LogP contribution in [0, 0.1) is 0 Å². The molecule has 0 saturated heterocycles. The molecule has 10 heavy (non-hydrogen) atoms. The van der Waals surface area contributed by atoms with Crippen molar-refractivity contribution in [1.82, 2.24) is 0 Å². The summed E-state index contributed by atoms with van der Waals surface area (Å²) in [7, 11) is -3.54. The zero-order chi connectivity index (χ0) is 8.04. The van der Waals surface area contributed by atoms with Gasteiger partial charge < -0.3 is 20.3 Å². The third-order valence-electron chi connectivity index (χ3n) is 0.826. The number of aliphatic hydroxyl groups excluding tert-OH is 1. The summed E-state index contributed by atoms with van der Waals surface area (Å²) in [6, 6.07) is 0. The first kappa shape index (κ1) is 10.1.